The smallest absolute Gasteiger partial charge is 0.0285 e. The Hall–Kier alpha value is -1.08. The zero-order valence-corrected chi connectivity index (χ0v) is 11.9. The molecule has 0 saturated heterocycles. The lowest BCUT2D eigenvalue weighted by Crippen LogP contribution is -1.91. The van der Waals surface area contributed by atoms with Crippen molar-refractivity contribution in [1.82, 2.24) is 0 Å². The van der Waals surface area contributed by atoms with E-state index in [2.05, 4.69) is 72.2 Å². The van der Waals surface area contributed by atoms with E-state index in [1.54, 1.807) is 0 Å². The topological polar surface area (TPSA) is 0 Å². The molecule has 0 amide bonds. The van der Waals surface area contributed by atoms with E-state index in [4.69, 9.17) is 0 Å². The molecule has 0 heterocycles. The molecular formula is C16H17Br. The average molecular weight is 289 g/mol. The van der Waals surface area contributed by atoms with Crippen LogP contribution in [-0.2, 0) is 12.8 Å². The largest absolute Gasteiger partial charge is 0.0622 e. The van der Waals surface area contributed by atoms with E-state index in [0.717, 1.165) is 12.8 Å². The van der Waals surface area contributed by atoms with Gasteiger partial charge in [-0.3, -0.25) is 0 Å². The summed E-state index contributed by atoms with van der Waals surface area (Å²) in [5.41, 5.74) is 5.39. The Morgan fingerprint density at radius 3 is 2.24 bits per heavy atom. The lowest BCUT2D eigenvalue weighted by Gasteiger charge is -2.12. The predicted molar refractivity (Wildman–Crippen MR) is 78.3 cm³/mol. The fourth-order valence-electron chi connectivity index (χ4n) is 2.04. The Bertz CT molecular complexity index is 500. The Morgan fingerprint density at radius 2 is 1.65 bits per heavy atom. The van der Waals surface area contributed by atoms with Gasteiger partial charge in [-0.1, -0.05) is 56.3 Å². The Kier molecular flexibility index (Phi) is 4.01. The molecule has 0 nitrogen and oxygen atoms in total. The molecule has 2 aromatic rings. The van der Waals surface area contributed by atoms with Gasteiger partial charge in [0.05, 0.1) is 0 Å². The van der Waals surface area contributed by atoms with Gasteiger partial charge in [0.15, 0.2) is 0 Å². The minimum absolute atomic E-state index is 1.06. The van der Waals surface area contributed by atoms with Crippen molar-refractivity contribution in [1.29, 1.82) is 0 Å². The fraction of sp³-hybridized carbons (Fsp3) is 0.250. The van der Waals surface area contributed by atoms with Crippen molar-refractivity contribution in [3.63, 3.8) is 0 Å². The highest BCUT2D eigenvalue weighted by Gasteiger charge is 2.08. The van der Waals surface area contributed by atoms with Gasteiger partial charge in [0.2, 0.25) is 0 Å². The molecule has 1 heteroatoms. The third-order valence-corrected chi connectivity index (χ3v) is 4.02. The van der Waals surface area contributed by atoms with Crippen molar-refractivity contribution in [2.45, 2.75) is 26.7 Å². The Balaban J connectivity index is 2.60. The summed E-state index contributed by atoms with van der Waals surface area (Å²) in [6, 6.07) is 15.2. The first-order valence-corrected chi connectivity index (χ1v) is 6.92. The van der Waals surface area contributed by atoms with E-state index in [1.165, 1.54) is 26.7 Å². The second-order valence-electron chi connectivity index (χ2n) is 4.19. The maximum absolute atomic E-state index is 3.74. The molecule has 0 unspecified atom stereocenters. The average Bonchev–Trinajstić information content (AvgIpc) is 2.40. The third kappa shape index (κ3) is 2.61. The molecule has 0 aromatic heterocycles. The molecule has 0 spiro atoms. The van der Waals surface area contributed by atoms with Gasteiger partial charge in [-0.2, -0.15) is 0 Å². The zero-order valence-electron chi connectivity index (χ0n) is 10.3. The van der Waals surface area contributed by atoms with Crippen LogP contribution in [0, 0.1) is 0 Å². The maximum Gasteiger partial charge on any atom is 0.0285 e. The highest BCUT2D eigenvalue weighted by Crippen LogP contribution is 2.32. The highest BCUT2D eigenvalue weighted by molar-refractivity contribution is 9.10. The quantitative estimate of drug-likeness (QED) is 0.724. The minimum atomic E-state index is 1.06. The van der Waals surface area contributed by atoms with Gasteiger partial charge in [0, 0.05) is 4.47 Å². The fourth-order valence-corrected chi connectivity index (χ4v) is 2.78. The van der Waals surface area contributed by atoms with Crippen LogP contribution in [0.3, 0.4) is 0 Å². The van der Waals surface area contributed by atoms with E-state index < -0.39 is 0 Å². The molecule has 0 aliphatic rings. The van der Waals surface area contributed by atoms with E-state index >= 15 is 0 Å². The second-order valence-corrected chi connectivity index (χ2v) is 4.98. The highest BCUT2D eigenvalue weighted by atomic mass is 79.9. The lowest BCUT2D eigenvalue weighted by atomic mass is 9.98. The van der Waals surface area contributed by atoms with Crippen LogP contribution >= 0.6 is 15.9 Å². The summed E-state index contributed by atoms with van der Waals surface area (Å²) in [4.78, 5) is 0. The van der Waals surface area contributed by atoms with Crippen molar-refractivity contribution in [2.75, 3.05) is 0 Å². The summed E-state index contributed by atoms with van der Waals surface area (Å²) in [5, 5.41) is 0. The molecule has 0 radical (unpaired) electrons. The van der Waals surface area contributed by atoms with Crippen LogP contribution in [0.5, 0.6) is 0 Å². The molecule has 2 aromatic carbocycles. The molecule has 0 aliphatic heterocycles. The summed E-state index contributed by atoms with van der Waals surface area (Å²) in [6.45, 7) is 4.41. The summed E-state index contributed by atoms with van der Waals surface area (Å²) in [7, 11) is 0. The molecular weight excluding hydrogens is 272 g/mol. The summed E-state index contributed by atoms with van der Waals surface area (Å²) >= 11 is 3.74. The van der Waals surface area contributed by atoms with Crippen LogP contribution in [0.25, 0.3) is 11.1 Å². The molecule has 0 aliphatic carbocycles. The standard InChI is InChI=1S/C16H17Br/c1-3-12-10-13(4-2)16(17)15(11-12)14-8-6-5-7-9-14/h5-11H,3-4H2,1-2H3. The number of halogens is 1. The van der Waals surface area contributed by atoms with Crippen molar-refractivity contribution < 1.29 is 0 Å². The summed E-state index contributed by atoms with van der Waals surface area (Å²) < 4.78 is 1.24. The van der Waals surface area contributed by atoms with E-state index in [9.17, 15) is 0 Å². The van der Waals surface area contributed by atoms with Crippen molar-refractivity contribution >= 4 is 15.9 Å². The van der Waals surface area contributed by atoms with E-state index in [1.807, 2.05) is 0 Å². The first-order valence-electron chi connectivity index (χ1n) is 6.13. The molecule has 17 heavy (non-hydrogen) atoms. The van der Waals surface area contributed by atoms with Crippen molar-refractivity contribution in [3.05, 3.63) is 58.1 Å². The Morgan fingerprint density at radius 1 is 0.941 bits per heavy atom. The summed E-state index contributed by atoms with van der Waals surface area (Å²) in [5.74, 6) is 0. The van der Waals surface area contributed by atoms with Crippen molar-refractivity contribution in [2.24, 2.45) is 0 Å². The van der Waals surface area contributed by atoms with Gasteiger partial charge in [0.1, 0.15) is 0 Å². The summed E-state index contributed by atoms with van der Waals surface area (Å²) in [6.07, 6.45) is 2.15. The van der Waals surface area contributed by atoms with Crippen LogP contribution in [-0.4, -0.2) is 0 Å². The molecule has 88 valence electrons. The van der Waals surface area contributed by atoms with E-state index in [0.29, 0.717) is 0 Å². The van der Waals surface area contributed by atoms with Gasteiger partial charge in [-0.05, 0) is 51.0 Å². The van der Waals surface area contributed by atoms with Crippen LogP contribution in [0.4, 0.5) is 0 Å². The molecule has 0 saturated carbocycles. The molecule has 0 fully saturated rings. The number of hydrogen-bond donors (Lipinski definition) is 0. The molecule has 0 N–H and O–H groups in total. The normalized spacial score (nSPS) is 10.5. The molecule has 2 rings (SSSR count). The molecule has 0 bridgehead atoms. The van der Waals surface area contributed by atoms with Crippen LogP contribution in [0.15, 0.2) is 46.9 Å². The lowest BCUT2D eigenvalue weighted by molar-refractivity contribution is 1.08. The van der Waals surface area contributed by atoms with Gasteiger partial charge >= 0.3 is 0 Å². The first-order chi connectivity index (χ1) is 8.26. The van der Waals surface area contributed by atoms with Crippen LogP contribution < -0.4 is 0 Å². The zero-order chi connectivity index (χ0) is 12.3. The van der Waals surface area contributed by atoms with Crippen LogP contribution in [0.2, 0.25) is 0 Å². The predicted octanol–water partition coefficient (Wildman–Crippen LogP) is 5.24. The maximum atomic E-state index is 3.74. The number of hydrogen-bond acceptors (Lipinski definition) is 0. The van der Waals surface area contributed by atoms with Gasteiger partial charge in [-0.15, -0.1) is 0 Å². The molecule has 0 atom stereocenters. The minimum Gasteiger partial charge on any atom is -0.0622 e. The second kappa shape index (κ2) is 5.50. The third-order valence-electron chi connectivity index (χ3n) is 3.08. The SMILES string of the molecule is CCc1cc(CC)c(Br)c(-c2ccccc2)c1. The number of rotatable bonds is 3. The monoisotopic (exact) mass is 288 g/mol. The number of aryl methyl sites for hydroxylation is 2. The van der Waals surface area contributed by atoms with Gasteiger partial charge < -0.3 is 0 Å². The number of benzene rings is 2. The van der Waals surface area contributed by atoms with Crippen molar-refractivity contribution in [3.8, 4) is 11.1 Å². The first kappa shape index (κ1) is 12.4. The van der Waals surface area contributed by atoms with Crippen LogP contribution in [0.1, 0.15) is 25.0 Å². The van der Waals surface area contributed by atoms with E-state index in [-0.39, 0.29) is 0 Å². The Labute approximate surface area is 112 Å². The van der Waals surface area contributed by atoms with Gasteiger partial charge in [-0.25, -0.2) is 0 Å². The van der Waals surface area contributed by atoms with Gasteiger partial charge in [0.25, 0.3) is 0 Å².